The molecular formula is C11H17N3O3S. The summed E-state index contributed by atoms with van der Waals surface area (Å²) in [6, 6.07) is 3.37. The van der Waals surface area contributed by atoms with Crippen LogP contribution >= 0.6 is 11.3 Å². The molecule has 0 saturated carbocycles. The van der Waals surface area contributed by atoms with Crippen LogP contribution in [0.3, 0.4) is 0 Å². The quantitative estimate of drug-likeness (QED) is 0.476. The Morgan fingerprint density at radius 1 is 1.44 bits per heavy atom. The molecule has 1 aromatic rings. The molecule has 0 bridgehead atoms. The van der Waals surface area contributed by atoms with Crippen molar-refractivity contribution < 1.29 is 9.66 Å². The summed E-state index contributed by atoms with van der Waals surface area (Å²) in [5.74, 6) is 0. The first-order valence-corrected chi connectivity index (χ1v) is 6.81. The number of thiophene rings is 1. The summed E-state index contributed by atoms with van der Waals surface area (Å²) in [5, 5.41) is 14.0. The molecule has 0 atom stereocenters. The maximum atomic E-state index is 10.5. The van der Waals surface area contributed by atoms with Crippen molar-refractivity contribution in [2.75, 3.05) is 39.4 Å². The first-order chi connectivity index (χ1) is 8.75. The zero-order valence-electron chi connectivity index (χ0n) is 10.1. The molecule has 2 heterocycles. The van der Waals surface area contributed by atoms with Crippen LogP contribution < -0.4 is 5.32 Å². The summed E-state index contributed by atoms with van der Waals surface area (Å²) in [5.41, 5.74) is 0. The van der Waals surface area contributed by atoms with Gasteiger partial charge < -0.3 is 10.1 Å². The van der Waals surface area contributed by atoms with Gasteiger partial charge in [0.2, 0.25) is 0 Å². The van der Waals surface area contributed by atoms with Crippen LogP contribution in [0, 0.1) is 10.1 Å². The number of nitrogens with zero attached hydrogens (tertiary/aromatic N) is 2. The highest BCUT2D eigenvalue weighted by Crippen LogP contribution is 2.23. The third-order valence-electron chi connectivity index (χ3n) is 2.84. The van der Waals surface area contributed by atoms with Crippen LogP contribution in [0.25, 0.3) is 0 Å². The fourth-order valence-corrected chi connectivity index (χ4v) is 2.62. The van der Waals surface area contributed by atoms with E-state index in [1.807, 2.05) is 6.07 Å². The Hall–Kier alpha value is -1.02. The van der Waals surface area contributed by atoms with Gasteiger partial charge in [-0.05, 0) is 6.07 Å². The van der Waals surface area contributed by atoms with Gasteiger partial charge in [0.25, 0.3) is 0 Å². The van der Waals surface area contributed by atoms with E-state index in [1.54, 1.807) is 6.07 Å². The fourth-order valence-electron chi connectivity index (χ4n) is 1.83. The van der Waals surface area contributed by atoms with E-state index in [0.29, 0.717) is 6.54 Å². The second kappa shape index (κ2) is 6.79. The number of rotatable bonds is 6. The summed E-state index contributed by atoms with van der Waals surface area (Å²) in [4.78, 5) is 13.5. The Labute approximate surface area is 110 Å². The average Bonchev–Trinajstić information content (AvgIpc) is 2.85. The Kier molecular flexibility index (Phi) is 5.06. The van der Waals surface area contributed by atoms with Gasteiger partial charge in [0.05, 0.1) is 18.1 Å². The lowest BCUT2D eigenvalue weighted by atomic mass is 10.4. The minimum atomic E-state index is -0.345. The van der Waals surface area contributed by atoms with Crippen LogP contribution in [0.15, 0.2) is 12.1 Å². The van der Waals surface area contributed by atoms with E-state index in [4.69, 9.17) is 4.74 Å². The van der Waals surface area contributed by atoms with Crippen molar-refractivity contribution in [3.63, 3.8) is 0 Å². The first-order valence-electron chi connectivity index (χ1n) is 5.99. The Balaban J connectivity index is 1.63. The lowest BCUT2D eigenvalue weighted by Gasteiger charge is -2.26. The predicted molar refractivity (Wildman–Crippen MR) is 69.9 cm³/mol. The Bertz CT molecular complexity index is 391. The molecule has 0 aliphatic carbocycles. The smallest absolute Gasteiger partial charge is 0.324 e. The van der Waals surface area contributed by atoms with Gasteiger partial charge in [-0.3, -0.25) is 15.0 Å². The summed E-state index contributed by atoms with van der Waals surface area (Å²) in [7, 11) is 0. The minimum Gasteiger partial charge on any atom is -0.379 e. The summed E-state index contributed by atoms with van der Waals surface area (Å²) in [6.07, 6.45) is 0. The van der Waals surface area contributed by atoms with Crippen molar-refractivity contribution in [1.82, 2.24) is 10.2 Å². The van der Waals surface area contributed by atoms with Crippen LogP contribution in [0.2, 0.25) is 0 Å². The monoisotopic (exact) mass is 271 g/mol. The van der Waals surface area contributed by atoms with E-state index in [9.17, 15) is 10.1 Å². The van der Waals surface area contributed by atoms with Crippen molar-refractivity contribution in [1.29, 1.82) is 0 Å². The van der Waals surface area contributed by atoms with Crippen LogP contribution in [0.1, 0.15) is 4.88 Å². The molecule has 1 N–H and O–H groups in total. The van der Waals surface area contributed by atoms with Gasteiger partial charge in [-0.15, -0.1) is 0 Å². The second-order valence-electron chi connectivity index (χ2n) is 4.13. The van der Waals surface area contributed by atoms with E-state index >= 15 is 0 Å². The molecule has 0 spiro atoms. The summed E-state index contributed by atoms with van der Waals surface area (Å²) >= 11 is 1.23. The van der Waals surface area contributed by atoms with E-state index in [0.717, 1.165) is 44.3 Å². The normalized spacial score (nSPS) is 16.9. The van der Waals surface area contributed by atoms with Gasteiger partial charge in [0, 0.05) is 43.7 Å². The number of hydrogen-bond acceptors (Lipinski definition) is 6. The predicted octanol–water partition coefficient (Wildman–Crippen LogP) is 1.08. The first kappa shape index (κ1) is 13.4. The molecule has 1 aliphatic rings. The SMILES string of the molecule is O=[N+]([O-])c1ccc(CNCCN2CCOCC2)s1. The van der Waals surface area contributed by atoms with Gasteiger partial charge in [-0.25, -0.2) is 0 Å². The maximum Gasteiger partial charge on any atom is 0.324 e. The molecule has 0 aromatic carbocycles. The topological polar surface area (TPSA) is 67.6 Å². The molecule has 1 fully saturated rings. The number of morpholine rings is 1. The van der Waals surface area contributed by atoms with E-state index in [1.165, 1.54) is 11.3 Å². The molecule has 1 aliphatic heterocycles. The molecule has 0 radical (unpaired) electrons. The number of hydrogen-bond donors (Lipinski definition) is 1. The van der Waals surface area contributed by atoms with E-state index in [2.05, 4.69) is 10.2 Å². The zero-order valence-corrected chi connectivity index (χ0v) is 10.9. The molecule has 100 valence electrons. The Morgan fingerprint density at radius 3 is 2.89 bits per heavy atom. The fraction of sp³-hybridized carbons (Fsp3) is 0.636. The number of nitro groups is 1. The van der Waals surface area contributed by atoms with Crippen molar-refractivity contribution in [2.24, 2.45) is 0 Å². The highest BCUT2D eigenvalue weighted by Gasteiger charge is 2.10. The van der Waals surface area contributed by atoms with Crippen molar-refractivity contribution in [3.05, 3.63) is 27.1 Å². The molecule has 0 amide bonds. The van der Waals surface area contributed by atoms with Crippen molar-refractivity contribution in [3.8, 4) is 0 Å². The van der Waals surface area contributed by atoms with Crippen LogP contribution in [-0.2, 0) is 11.3 Å². The largest absolute Gasteiger partial charge is 0.379 e. The average molecular weight is 271 g/mol. The minimum absolute atomic E-state index is 0.208. The molecular weight excluding hydrogens is 254 g/mol. The molecule has 18 heavy (non-hydrogen) atoms. The van der Waals surface area contributed by atoms with Gasteiger partial charge in [0.1, 0.15) is 0 Å². The highest BCUT2D eigenvalue weighted by molar-refractivity contribution is 7.15. The molecule has 6 nitrogen and oxygen atoms in total. The summed E-state index contributed by atoms with van der Waals surface area (Å²) in [6.45, 7) is 6.21. The van der Waals surface area contributed by atoms with E-state index in [-0.39, 0.29) is 9.92 Å². The van der Waals surface area contributed by atoms with Crippen LogP contribution in [0.4, 0.5) is 5.00 Å². The van der Waals surface area contributed by atoms with Gasteiger partial charge in [-0.1, -0.05) is 11.3 Å². The lowest BCUT2D eigenvalue weighted by Crippen LogP contribution is -2.40. The highest BCUT2D eigenvalue weighted by atomic mass is 32.1. The van der Waals surface area contributed by atoms with Gasteiger partial charge in [-0.2, -0.15) is 0 Å². The third-order valence-corrected chi connectivity index (χ3v) is 3.87. The summed E-state index contributed by atoms with van der Waals surface area (Å²) < 4.78 is 5.28. The molecule has 2 rings (SSSR count). The standard InChI is InChI=1S/C11H17N3O3S/c15-14(16)11-2-1-10(18-11)9-12-3-4-13-5-7-17-8-6-13/h1-2,12H,3-9H2. The van der Waals surface area contributed by atoms with Crippen LogP contribution in [0.5, 0.6) is 0 Å². The maximum absolute atomic E-state index is 10.5. The van der Waals surface area contributed by atoms with Crippen LogP contribution in [-0.4, -0.2) is 49.2 Å². The lowest BCUT2D eigenvalue weighted by molar-refractivity contribution is -0.380. The number of ether oxygens (including phenoxy) is 1. The van der Waals surface area contributed by atoms with Gasteiger partial charge in [0.15, 0.2) is 0 Å². The number of nitrogens with one attached hydrogen (secondary N) is 1. The second-order valence-corrected chi connectivity index (χ2v) is 5.27. The van der Waals surface area contributed by atoms with E-state index < -0.39 is 0 Å². The Morgan fingerprint density at radius 2 is 2.22 bits per heavy atom. The molecule has 0 unspecified atom stereocenters. The van der Waals surface area contributed by atoms with Gasteiger partial charge >= 0.3 is 5.00 Å². The molecule has 7 heteroatoms. The molecule has 1 aromatic heterocycles. The third kappa shape index (κ3) is 4.02. The molecule has 1 saturated heterocycles. The zero-order chi connectivity index (χ0) is 12.8. The van der Waals surface area contributed by atoms with Crippen molar-refractivity contribution in [2.45, 2.75) is 6.54 Å². The van der Waals surface area contributed by atoms with Crippen molar-refractivity contribution >= 4 is 16.3 Å².